The lowest BCUT2D eigenvalue weighted by atomic mass is 10.1. The van der Waals surface area contributed by atoms with Gasteiger partial charge in [-0.1, -0.05) is 0 Å². The Labute approximate surface area is 121 Å². The third-order valence-electron chi connectivity index (χ3n) is 3.74. The molecule has 3 heterocycles. The predicted octanol–water partition coefficient (Wildman–Crippen LogP) is 1.49. The molecule has 2 N–H and O–H groups in total. The van der Waals surface area contributed by atoms with Gasteiger partial charge in [0.2, 0.25) is 0 Å². The van der Waals surface area contributed by atoms with Crippen molar-refractivity contribution in [2.75, 3.05) is 31.2 Å². The summed E-state index contributed by atoms with van der Waals surface area (Å²) in [4.78, 5) is 14.5. The van der Waals surface area contributed by atoms with Gasteiger partial charge in [-0.3, -0.25) is 5.10 Å². The Hall–Kier alpha value is -2.41. The Balaban J connectivity index is 1.88. The van der Waals surface area contributed by atoms with Gasteiger partial charge in [0.1, 0.15) is 12.2 Å². The molecule has 1 aromatic carbocycles. The second kappa shape index (κ2) is 4.85. The van der Waals surface area contributed by atoms with Crippen LogP contribution in [-0.2, 0) is 4.74 Å². The number of rotatable bonds is 2. The molecule has 0 aliphatic carbocycles. The van der Waals surface area contributed by atoms with Crippen LogP contribution in [0, 0.1) is 6.92 Å². The lowest BCUT2D eigenvalue weighted by molar-refractivity contribution is 0.122. The van der Waals surface area contributed by atoms with Gasteiger partial charge in [-0.05, 0) is 19.1 Å². The van der Waals surface area contributed by atoms with Crippen LogP contribution in [0.15, 0.2) is 18.5 Å². The summed E-state index contributed by atoms with van der Waals surface area (Å²) in [6.07, 6.45) is 1.52. The molecule has 4 rings (SSSR count). The van der Waals surface area contributed by atoms with Crippen LogP contribution in [0.1, 0.15) is 5.82 Å². The minimum absolute atomic E-state index is 0.738. The number of imidazole rings is 1. The average Bonchev–Trinajstić information content (AvgIpc) is 3.15. The number of anilines is 1. The van der Waals surface area contributed by atoms with Crippen LogP contribution in [0.3, 0.4) is 0 Å². The van der Waals surface area contributed by atoms with E-state index in [1.165, 1.54) is 6.33 Å². The number of aryl methyl sites for hydroxylation is 1. The maximum Gasteiger partial charge on any atom is 0.157 e. The summed E-state index contributed by atoms with van der Waals surface area (Å²) in [5.41, 5.74) is 4.06. The molecule has 0 spiro atoms. The number of nitrogens with zero attached hydrogens (tertiary/aromatic N) is 4. The maximum atomic E-state index is 5.42. The lowest BCUT2D eigenvalue weighted by Gasteiger charge is -2.29. The van der Waals surface area contributed by atoms with Crippen molar-refractivity contribution in [3.05, 3.63) is 24.3 Å². The molecule has 108 valence electrons. The van der Waals surface area contributed by atoms with Gasteiger partial charge in [0.15, 0.2) is 5.82 Å². The third-order valence-corrected chi connectivity index (χ3v) is 3.74. The molecule has 0 unspecified atom stereocenters. The van der Waals surface area contributed by atoms with Gasteiger partial charge in [0.05, 0.1) is 24.2 Å². The molecule has 1 aliphatic heterocycles. The Morgan fingerprint density at radius 1 is 1.24 bits per heavy atom. The number of aromatic nitrogens is 5. The SMILES string of the molecule is Cc1nc2c(-c3ncn[nH]3)cc(N3CCOCC3)cc2[nH]1. The number of fused-ring (bicyclic) bond motifs is 1. The van der Waals surface area contributed by atoms with Crippen molar-refractivity contribution in [1.82, 2.24) is 25.1 Å². The topological polar surface area (TPSA) is 82.7 Å². The van der Waals surface area contributed by atoms with Crippen molar-refractivity contribution >= 4 is 16.7 Å². The minimum atomic E-state index is 0.738. The minimum Gasteiger partial charge on any atom is -0.378 e. The summed E-state index contributed by atoms with van der Waals surface area (Å²) >= 11 is 0. The zero-order chi connectivity index (χ0) is 14.2. The molecule has 7 nitrogen and oxygen atoms in total. The van der Waals surface area contributed by atoms with Gasteiger partial charge in [0.25, 0.3) is 0 Å². The van der Waals surface area contributed by atoms with Gasteiger partial charge in [0, 0.05) is 24.3 Å². The van der Waals surface area contributed by atoms with E-state index in [1.807, 2.05) is 6.92 Å². The highest BCUT2D eigenvalue weighted by Gasteiger charge is 2.17. The molecule has 1 fully saturated rings. The summed E-state index contributed by atoms with van der Waals surface area (Å²) in [6, 6.07) is 4.26. The van der Waals surface area contributed by atoms with Crippen molar-refractivity contribution in [1.29, 1.82) is 0 Å². The number of hydrogen-bond acceptors (Lipinski definition) is 5. The zero-order valence-corrected chi connectivity index (χ0v) is 11.8. The third kappa shape index (κ3) is 2.15. The molecule has 0 radical (unpaired) electrons. The molecular formula is C14H16N6O. The Bertz CT molecular complexity index is 757. The first-order chi connectivity index (χ1) is 10.3. The Morgan fingerprint density at radius 3 is 2.86 bits per heavy atom. The molecule has 0 amide bonds. The van der Waals surface area contributed by atoms with Crippen molar-refractivity contribution in [2.45, 2.75) is 6.92 Å². The van der Waals surface area contributed by atoms with Gasteiger partial charge in [-0.25, -0.2) is 9.97 Å². The first kappa shape index (κ1) is 12.3. The van der Waals surface area contributed by atoms with E-state index in [9.17, 15) is 0 Å². The van der Waals surface area contributed by atoms with Crippen molar-refractivity contribution in [2.24, 2.45) is 0 Å². The number of nitrogens with one attached hydrogen (secondary N) is 2. The van der Waals surface area contributed by atoms with Crippen LogP contribution >= 0.6 is 0 Å². The molecule has 7 heteroatoms. The molecule has 0 atom stereocenters. The molecule has 2 aromatic heterocycles. The fraction of sp³-hybridized carbons (Fsp3) is 0.357. The van der Waals surface area contributed by atoms with Crippen LogP contribution in [0.25, 0.3) is 22.4 Å². The van der Waals surface area contributed by atoms with Crippen molar-refractivity contribution < 1.29 is 4.74 Å². The second-order valence-corrected chi connectivity index (χ2v) is 5.15. The van der Waals surface area contributed by atoms with E-state index in [2.05, 4.69) is 42.2 Å². The van der Waals surface area contributed by atoms with Gasteiger partial charge in [-0.15, -0.1) is 0 Å². The molecule has 0 saturated carbocycles. The highest BCUT2D eigenvalue weighted by molar-refractivity contribution is 5.93. The number of aromatic amines is 2. The van der Waals surface area contributed by atoms with Gasteiger partial charge in [-0.2, -0.15) is 5.10 Å². The number of hydrogen-bond donors (Lipinski definition) is 2. The largest absolute Gasteiger partial charge is 0.378 e. The molecule has 1 aliphatic rings. The Kier molecular flexibility index (Phi) is 2.85. The fourth-order valence-electron chi connectivity index (χ4n) is 2.75. The highest BCUT2D eigenvalue weighted by Crippen LogP contribution is 2.30. The van der Waals surface area contributed by atoms with Crippen LogP contribution < -0.4 is 4.90 Å². The zero-order valence-electron chi connectivity index (χ0n) is 11.8. The van der Waals surface area contributed by atoms with E-state index in [-0.39, 0.29) is 0 Å². The first-order valence-electron chi connectivity index (χ1n) is 7.00. The number of ether oxygens (including phenoxy) is 1. The van der Waals surface area contributed by atoms with Crippen LogP contribution in [0.4, 0.5) is 5.69 Å². The van der Waals surface area contributed by atoms with Crippen LogP contribution in [0.5, 0.6) is 0 Å². The highest BCUT2D eigenvalue weighted by atomic mass is 16.5. The summed E-state index contributed by atoms with van der Waals surface area (Å²) in [7, 11) is 0. The quantitative estimate of drug-likeness (QED) is 0.745. The monoisotopic (exact) mass is 284 g/mol. The van der Waals surface area contributed by atoms with E-state index >= 15 is 0 Å². The Morgan fingerprint density at radius 2 is 2.10 bits per heavy atom. The number of morpholine rings is 1. The predicted molar refractivity (Wildman–Crippen MR) is 79.2 cm³/mol. The molecule has 3 aromatic rings. The van der Waals surface area contributed by atoms with E-state index in [1.54, 1.807) is 0 Å². The smallest absolute Gasteiger partial charge is 0.157 e. The van der Waals surface area contributed by atoms with E-state index in [0.29, 0.717) is 0 Å². The van der Waals surface area contributed by atoms with Crippen LogP contribution in [-0.4, -0.2) is 51.5 Å². The van der Waals surface area contributed by atoms with Gasteiger partial charge >= 0.3 is 0 Å². The van der Waals surface area contributed by atoms with Crippen LogP contribution in [0.2, 0.25) is 0 Å². The van der Waals surface area contributed by atoms with E-state index < -0.39 is 0 Å². The van der Waals surface area contributed by atoms with Crippen molar-refractivity contribution in [3.8, 4) is 11.4 Å². The molecule has 21 heavy (non-hydrogen) atoms. The maximum absolute atomic E-state index is 5.42. The summed E-state index contributed by atoms with van der Waals surface area (Å²) in [5, 5.41) is 6.87. The molecular weight excluding hydrogens is 268 g/mol. The normalized spacial score (nSPS) is 15.8. The molecule has 0 bridgehead atoms. The fourth-order valence-corrected chi connectivity index (χ4v) is 2.75. The standard InChI is InChI=1S/C14H16N6O/c1-9-17-12-7-10(20-2-4-21-5-3-20)6-11(13(12)18-9)14-15-8-16-19-14/h6-8H,2-5H2,1H3,(H,17,18)(H,15,16,19). The van der Waals surface area contributed by atoms with Crippen molar-refractivity contribution in [3.63, 3.8) is 0 Å². The summed E-state index contributed by atoms with van der Waals surface area (Å²) < 4.78 is 5.42. The lowest BCUT2D eigenvalue weighted by Crippen LogP contribution is -2.36. The summed E-state index contributed by atoms with van der Waals surface area (Å²) in [6.45, 7) is 5.27. The second-order valence-electron chi connectivity index (χ2n) is 5.15. The number of benzene rings is 1. The summed E-state index contributed by atoms with van der Waals surface area (Å²) in [5.74, 6) is 1.63. The van der Waals surface area contributed by atoms with E-state index in [0.717, 1.165) is 60.2 Å². The van der Waals surface area contributed by atoms with E-state index in [4.69, 9.17) is 4.74 Å². The average molecular weight is 284 g/mol. The van der Waals surface area contributed by atoms with Gasteiger partial charge < -0.3 is 14.6 Å². The molecule has 1 saturated heterocycles. The first-order valence-corrected chi connectivity index (χ1v) is 7.00. The number of H-pyrrole nitrogens is 2.